The first-order chi connectivity index (χ1) is 9.42. The molecule has 0 aliphatic heterocycles. The predicted molar refractivity (Wildman–Crippen MR) is 73.1 cm³/mol. The minimum absolute atomic E-state index is 0.0844. The molecule has 1 aromatic rings. The van der Waals surface area contributed by atoms with Gasteiger partial charge in [-0.2, -0.15) is 0 Å². The summed E-state index contributed by atoms with van der Waals surface area (Å²) in [6.07, 6.45) is 0. The van der Waals surface area contributed by atoms with Crippen molar-refractivity contribution in [2.24, 2.45) is 0 Å². The maximum absolute atomic E-state index is 11.9. The largest absolute Gasteiger partial charge is 0.465 e. The first-order valence-corrected chi connectivity index (χ1v) is 6.77. The van der Waals surface area contributed by atoms with Crippen LogP contribution in [0.3, 0.4) is 0 Å². The Balaban J connectivity index is 3.26. The summed E-state index contributed by atoms with van der Waals surface area (Å²) in [5.74, 6) is -3.15. The fraction of sp³-hybridized carbons (Fsp3) is 0.455. The second-order valence-corrected chi connectivity index (χ2v) is 4.49. The third-order valence-corrected chi connectivity index (χ3v) is 3.02. The SMILES string of the molecule is CCOC(=O)C(C(=O)OCC)c1nc(Cl)c(Cl)nc1Cl. The van der Waals surface area contributed by atoms with Gasteiger partial charge in [-0.05, 0) is 13.8 Å². The Morgan fingerprint density at radius 1 is 0.950 bits per heavy atom. The molecule has 0 unspecified atom stereocenters. The van der Waals surface area contributed by atoms with Crippen LogP contribution in [0.25, 0.3) is 0 Å². The lowest BCUT2D eigenvalue weighted by Gasteiger charge is -2.15. The average molecular weight is 342 g/mol. The molecular weight excluding hydrogens is 330 g/mol. The molecule has 0 aliphatic carbocycles. The highest BCUT2D eigenvalue weighted by atomic mass is 35.5. The molecule has 20 heavy (non-hydrogen) atoms. The van der Waals surface area contributed by atoms with Gasteiger partial charge in [0.05, 0.1) is 13.2 Å². The maximum Gasteiger partial charge on any atom is 0.326 e. The van der Waals surface area contributed by atoms with E-state index < -0.39 is 17.9 Å². The Bertz CT molecular complexity index is 507. The van der Waals surface area contributed by atoms with Gasteiger partial charge in [0.2, 0.25) is 0 Å². The molecular formula is C11H11Cl3N2O4. The van der Waals surface area contributed by atoms with Crippen LogP contribution in [0.15, 0.2) is 0 Å². The molecule has 0 atom stereocenters. The summed E-state index contributed by atoms with van der Waals surface area (Å²) in [4.78, 5) is 31.3. The fourth-order valence-electron chi connectivity index (χ4n) is 1.34. The van der Waals surface area contributed by atoms with E-state index in [0.717, 1.165) is 0 Å². The molecule has 1 heterocycles. The number of hydrogen-bond acceptors (Lipinski definition) is 6. The van der Waals surface area contributed by atoms with Crippen molar-refractivity contribution in [1.29, 1.82) is 0 Å². The molecule has 1 aromatic heterocycles. The van der Waals surface area contributed by atoms with Crippen molar-refractivity contribution in [1.82, 2.24) is 9.97 Å². The van der Waals surface area contributed by atoms with Crippen molar-refractivity contribution >= 4 is 46.7 Å². The van der Waals surface area contributed by atoms with Gasteiger partial charge in [-0.15, -0.1) is 0 Å². The monoisotopic (exact) mass is 340 g/mol. The van der Waals surface area contributed by atoms with Crippen LogP contribution < -0.4 is 0 Å². The molecule has 110 valence electrons. The van der Waals surface area contributed by atoms with Gasteiger partial charge in [-0.3, -0.25) is 9.59 Å². The molecule has 0 bridgehead atoms. The molecule has 0 amide bonds. The minimum atomic E-state index is -1.45. The number of carbonyl (C=O) groups is 2. The van der Waals surface area contributed by atoms with E-state index in [1.807, 2.05) is 0 Å². The average Bonchev–Trinajstić information content (AvgIpc) is 2.36. The number of nitrogens with zero attached hydrogens (tertiary/aromatic N) is 2. The Hall–Kier alpha value is -1.11. The summed E-state index contributed by atoms with van der Waals surface area (Å²) in [5.41, 5.74) is -0.155. The van der Waals surface area contributed by atoms with Gasteiger partial charge in [-0.1, -0.05) is 34.8 Å². The number of carbonyl (C=O) groups excluding carboxylic acids is 2. The smallest absolute Gasteiger partial charge is 0.326 e. The van der Waals surface area contributed by atoms with Crippen LogP contribution in [0.2, 0.25) is 15.5 Å². The number of rotatable bonds is 5. The summed E-state index contributed by atoms with van der Waals surface area (Å²) < 4.78 is 9.62. The molecule has 0 N–H and O–H groups in total. The predicted octanol–water partition coefficient (Wildman–Crippen LogP) is 2.65. The van der Waals surface area contributed by atoms with Crippen LogP contribution in [-0.2, 0) is 19.1 Å². The van der Waals surface area contributed by atoms with Gasteiger partial charge in [0.15, 0.2) is 21.4 Å². The van der Waals surface area contributed by atoms with Crippen molar-refractivity contribution in [3.05, 3.63) is 21.2 Å². The second kappa shape index (κ2) is 7.61. The van der Waals surface area contributed by atoms with Crippen LogP contribution in [0.1, 0.15) is 25.5 Å². The lowest BCUT2D eigenvalue weighted by Crippen LogP contribution is -2.27. The summed E-state index contributed by atoms with van der Waals surface area (Å²) in [7, 11) is 0. The number of hydrogen-bond donors (Lipinski definition) is 0. The summed E-state index contributed by atoms with van der Waals surface area (Å²) >= 11 is 17.2. The zero-order chi connectivity index (χ0) is 15.3. The number of aromatic nitrogens is 2. The topological polar surface area (TPSA) is 78.4 Å². The highest BCUT2D eigenvalue weighted by Crippen LogP contribution is 2.28. The molecule has 1 rings (SSSR count). The third kappa shape index (κ3) is 3.94. The fourth-order valence-corrected chi connectivity index (χ4v) is 1.88. The Labute approximate surface area is 130 Å². The van der Waals surface area contributed by atoms with E-state index in [1.165, 1.54) is 0 Å². The number of esters is 2. The molecule has 0 saturated heterocycles. The van der Waals surface area contributed by atoms with Gasteiger partial charge >= 0.3 is 11.9 Å². The van der Waals surface area contributed by atoms with Gasteiger partial charge in [0.1, 0.15) is 5.69 Å². The van der Waals surface area contributed by atoms with Crippen molar-refractivity contribution in [2.75, 3.05) is 13.2 Å². The molecule has 0 saturated carbocycles. The van der Waals surface area contributed by atoms with E-state index in [2.05, 4.69) is 9.97 Å². The number of halogens is 3. The Kier molecular flexibility index (Phi) is 6.45. The lowest BCUT2D eigenvalue weighted by molar-refractivity contribution is -0.157. The molecule has 0 radical (unpaired) electrons. The minimum Gasteiger partial charge on any atom is -0.465 e. The van der Waals surface area contributed by atoms with Gasteiger partial charge in [-0.25, -0.2) is 9.97 Å². The van der Waals surface area contributed by atoms with Crippen LogP contribution in [0.5, 0.6) is 0 Å². The lowest BCUT2D eigenvalue weighted by atomic mass is 10.1. The zero-order valence-corrected chi connectivity index (χ0v) is 12.9. The van der Waals surface area contributed by atoms with E-state index in [4.69, 9.17) is 44.3 Å². The summed E-state index contributed by atoms with van der Waals surface area (Å²) in [6.45, 7) is 3.37. The zero-order valence-electron chi connectivity index (χ0n) is 10.7. The van der Waals surface area contributed by atoms with E-state index >= 15 is 0 Å². The standard InChI is InChI=1S/C11H11Cl3N2O4/c1-3-19-10(17)5(11(18)20-4-2)6-7(12)16-9(14)8(13)15-6/h5H,3-4H2,1-2H3. The van der Waals surface area contributed by atoms with E-state index in [0.29, 0.717) is 0 Å². The van der Waals surface area contributed by atoms with Crippen LogP contribution >= 0.6 is 34.8 Å². The first-order valence-electron chi connectivity index (χ1n) is 5.64. The van der Waals surface area contributed by atoms with Gasteiger partial charge in [0.25, 0.3) is 0 Å². The van der Waals surface area contributed by atoms with Crippen LogP contribution in [0.4, 0.5) is 0 Å². The van der Waals surface area contributed by atoms with Crippen molar-refractivity contribution in [2.45, 2.75) is 19.8 Å². The molecule has 0 spiro atoms. The van der Waals surface area contributed by atoms with Crippen molar-refractivity contribution in [3.8, 4) is 0 Å². The highest BCUT2D eigenvalue weighted by Gasteiger charge is 2.35. The van der Waals surface area contributed by atoms with E-state index in [-0.39, 0.29) is 34.4 Å². The van der Waals surface area contributed by atoms with Gasteiger partial charge in [0, 0.05) is 0 Å². The van der Waals surface area contributed by atoms with E-state index in [9.17, 15) is 9.59 Å². The summed E-state index contributed by atoms with van der Waals surface area (Å²) in [6, 6.07) is 0. The first kappa shape index (κ1) is 16.9. The van der Waals surface area contributed by atoms with Gasteiger partial charge < -0.3 is 9.47 Å². The molecule has 0 fully saturated rings. The van der Waals surface area contributed by atoms with Crippen LogP contribution in [-0.4, -0.2) is 35.1 Å². The normalized spacial score (nSPS) is 10.5. The Morgan fingerprint density at radius 2 is 1.40 bits per heavy atom. The van der Waals surface area contributed by atoms with Crippen molar-refractivity contribution < 1.29 is 19.1 Å². The quantitative estimate of drug-likeness (QED) is 0.605. The molecule has 0 aromatic carbocycles. The highest BCUT2D eigenvalue weighted by molar-refractivity contribution is 6.41. The Morgan fingerprint density at radius 3 is 1.85 bits per heavy atom. The van der Waals surface area contributed by atoms with Crippen LogP contribution in [0, 0.1) is 0 Å². The van der Waals surface area contributed by atoms with E-state index in [1.54, 1.807) is 13.8 Å². The van der Waals surface area contributed by atoms with Crippen molar-refractivity contribution in [3.63, 3.8) is 0 Å². The second-order valence-electron chi connectivity index (χ2n) is 3.42. The maximum atomic E-state index is 11.9. The molecule has 0 aliphatic rings. The summed E-state index contributed by atoms with van der Waals surface area (Å²) in [5, 5.41) is -0.526. The molecule has 9 heteroatoms. The number of ether oxygens (including phenoxy) is 2. The molecule has 6 nitrogen and oxygen atoms in total. The third-order valence-electron chi connectivity index (χ3n) is 2.11.